The maximum Gasteiger partial charge on any atom is -0.0911 e. The predicted octanol–water partition coefficient (Wildman–Crippen LogP) is -1.56. The molecule has 0 bridgehead atoms. The molecule has 0 saturated heterocycles. The number of hydrogen-bond acceptors (Lipinski definition) is 2. The Hall–Kier alpha value is -0.0800. The van der Waals surface area contributed by atoms with Gasteiger partial charge >= 0.3 is 0 Å². The highest BCUT2D eigenvalue weighted by molar-refractivity contribution is 4.31. The van der Waals surface area contributed by atoms with Gasteiger partial charge in [0.25, 0.3) is 0 Å². The van der Waals surface area contributed by atoms with Gasteiger partial charge in [-0.2, -0.15) is 0 Å². The van der Waals surface area contributed by atoms with Crippen LogP contribution in [0, 0.1) is 0 Å². The summed E-state index contributed by atoms with van der Waals surface area (Å²) in [6.45, 7) is 2.15. The second-order valence-corrected chi connectivity index (χ2v) is 1.40. The van der Waals surface area contributed by atoms with Crippen LogP contribution in [0.3, 0.4) is 0 Å². The average Bonchev–Trinajstić information content (AvgIpc) is 0.722. The highest BCUT2D eigenvalue weighted by atomic mass is 16.5. The van der Waals surface area contributed by atoms with E-state index in [2.05, 4.69) is 0 Å². The third kappa shape index (κ3) is 2260. The van der Waals surface area contributed by atoms with Gasteiger partial charge in [-0.25, -0.2) is 5.79 Å². The molecule has 0 aromatic heterocycles. The van der Waals surface area contributed by atoms with Crippen LogP contribution >= 0.6 is 0 Å². The van der Waals surface area contributed by atoms with Crippen LogP contribution in [0.5, 0.6) is 0 Å². The van der Waals surface area contributed by atoms with Gasteiger partial charge in [-0.1, -0.05) is 13.8 Å². The van der Waals surface area contributed by atoms with Gasteiger partial charge in [0.15, 0.2) is 0 Å². The van der Waals surface area contributed by atoms with Crippen LogP contribution < -0.4 is 10.2 Å². The summed E-state index contributed by atoms with van der Waals surface area (Å²) in [5, 5.41) is 19.1. The SMILES string of the molecule is CC(C)([O-])[O-]. The summed E-state index contributed by atoms with van der Waals surface area (Å²) in [6, 6.07) is 0. The minimum absolute atomic E-state index is 1.08. The second kappa shape index (κ2) is 0.954. The normalized spacial score (nSPS) is 12.0. The van der Waals surface area contributed by atoms with Crippen LogP contribution in [0.1, 0.15) is 13.8 Å². The summed E-state index contributed by atoms with van der Waals surface area (Å²) in [7, 11) is 0. The van der Waals surface area contributed by atoms with Gasteiger partial charge in [-0.15, -0.1) is 0 Å². The fourth-order valence-electron chi connectivity index (χ4n) is 0. The molecule has 5 heavy (non-hydrogen) atoms. The van der Waals surface area contributed by atoms with Gasteiger partial charge < -0.3 is 10.2 Å². The molecule has 0 spiro atoms. The zero-order valence-corrected chi connectivity index (χ0v) is 3.32. The fraction of sp³-hybridized carbons (Fsp3) is 1.00. The van der Waals surface area contributed by atoms with E-state index in [9.17, 15) is 10.2 Å². The van der Waals surface area contributed by atoms with Crippen molar-refractivity contribution in [1.29, 1.82) is 0 Å². The van der Waals surface area contributed by atoms with E-state index >= 15 is 0 Å². The lowest BCUT2D eigenvalue weighted by molar-refractivity contribution is -0.708. The Labute approximate surface area is 31.1 Å². The Kier molecular flexibility index (Phi) is 0.938. The highest BCUT2D eigenvalue weighted by Gasteiger charge is 1.69. The molecule has 0 rings (SSSR count). The van der Waals surface area contributed by atoms with Crippen molar-refractivity contribution in [3.05, 3.63) is 0 Å². The van der Waals surface area contributed by atoms with E-state index in [0.29, 0.717) is 0 Å². The molecular weight excluding hydrogens is 68.0 g/mol. The van der Waals surface area contributed by atoms with Gasteiger partial charge in [0.2, 0.25) is 0 Å². The third-order valence-corrected chi connectivity index (χ3v) is 0. The van der Waals surface area contributed by atoms with Crippen molar-refractivity contribution in [2.45, 2.75) is 19.6 Å². The van der Waals surface area contributed by atoms with Gasteiger partial charge in [-0.05, 0) is 0 Å². The Morgan fingerprint density at radius 2 is 1.20 bits per heavy atom. The van der Waals surface area contributed by atoms with Crippen molar-refractivity contribution in [1.82, 2.24) is 0 Å². The summed E-state index contributed by atoms with van der Waals surface area (Å²) in [4.78, 5) is 0. The van der Waals surface area contributed by atoms with Crippen LogP contribution in [0.15, 0.2) is 0 Å². The van der Waals surface area contributed by atoms with E-state index in [-0.39, 0.29) is 0 Å². The molecule has 0 atom stereocenters. The summed E-state index contributed by atoms with van der Waals surface area (Å²) in [5.74, 6) is -2.00. The molecule has 2 nitrogen and oxygen atoms in total. The minimum Gasteiger partial charge on any atom is -0.863 e. The predicted molar refractivity (Wildman–Crippen MR) is 14.1 cm³/mol. The highest BCUT2D eigenvalue weighted by Crippen LogP contribution is 1.74. The molecule has 0 radical (unpaired) electrons. The average molecular weight is 74.1 g/mol. The standard InChI is InChI=1S/C3H6O2/c1-3(2,4)5/h1-2H3/q-2. The maximum atomic E-state index is 9.55. The molecule has 32 valence electrons. The molecule has 0 aromatic carbocycles. The smallest absolute Gasteiger partial charge is 0.0911 e. The molecule has 2 heteroatoms. The number of hydrogen-bond donors (Lipinski definition) is 0. The van der Waals surface area contributed by atoms with Crippen molar-refractivity contribution < 1.29 is 10.2 Å². The Balaban J connectivity index is 3.02. The summed E-state index contributed by atoms with van der Waals surface area (Å²) < 4.78 is 0. The Morgan fingerprint density at radius 1 is 1.20 bits per heavy atom. The topological polar surface area (TPSA) is 46.1 Å². The van der Waals surface area contributed by atoms with E-state index in [4.69, 9.17) is 0 Å². The number of rotatable bonds is 0. The molecule has 0 aliphatic rings. The van der Waals surface area contributed by atoms with Gasteiger partial charge in [0.05, 0.1) is 0 Å². The first kappa shape index (κ1) is 4.92. The molecule has 0 aliphatic heterocycles. The molecule has 0 heterocycles. The van der Waals surface area contributed by atoms with E-state index in [1.54, 1.807) is 0 Å². The first-order valence-corrected chi connectivity index (χ1v) is 1.41. The van der Waals surface area contributed by atoms with Crippen molar-refractivity contribution in [3.8, 4) is 0 Å². The summed E-state index contributed by atoms with van der Waals surface area (Å²) >= 11 is 0. The van der Waals surface area contributed by atoms with Gasteiger partial charge in [-0.3, -0.25) is 0 Å². The zero-order chi connectivity index (χ0) is 4.50. The van der Waals surface area contributed by atoms with E-state index < -0.39 is 5.79 Å². The summed E-state index contributed by atoms with van der Waals surface area (Å²) in [5.41, 5.74) is 0. The van der Waals surface area contributed by atoms with Gasteiger partial charge in [0.1, 0.15) is 0 Å². The monoisotopic (exact) mass is 74.0 g/mol. The van der Waals surface area contributed by atoms with E-state index in [1.165, 1.54) is 0 Å². The zero-order valence-electron chi connectivity index (χ0n) is 3.32. The molecule has 0 aliphatic carbocycles. The molecule has 0 fully saturated rings. The van der Waals surface area contributed by atoms with Crippen molar-refractivity contribution in [3.63, 3.8) is 0 Å². The lowest BCUT2D eigenvalue weighted by Gasteiger charge is -2.39. The first-order chi connectivity index (χ1) is 2.00. The molecule has 0 amide bonds. The van der Waals surface area contributed by atoms with Crippen LogP contribution in [-0.4, -0.2) is 5.79 Å². The minimum atomic E-state index is -2.00. The summed E-state index contributed by atoms with van der Waals surface area (Å²) in [6.07, 6.45) is 0. The quantitative estimate of drug-likeness (QED) is 0.326. The molecule has 0 N–H and O–H groups in total. The van der Waals surface area contributed by atoms with Gasteiger partial charge in [0, 0.05) is 0 Å². The van der Waals surface area contributed by atoms with Crippen LogP contribution in [-0.2, 0) is 0 Å². The van der Waals surface area contributed by atoms with E-state index in [0.717, 1.165) is 13.8 Å². The molecule has 0 unspecified atom stereocenters. The van der Waals surface area contributed by atoms with Crippen LogP contribution in [0.4, 0.5) is 0 Å². The molecule has 0 aromatic rings. The largest absolute Gasteiger partial charge is 0.863 e. The lowest BCUT2D eigenvalue weighted by atomic mass is 10.4. The fourth-order valence-corrected chi connectivity index (χ4v) is 0. The molecular formula is C3H6O2-2. The Bertz CT molecular complexity index is 20.4. The van der Waals surface area contributed by atoms with Crippen LogP contribution in [0.2, 0.25) is 0 Å². The van der Waals surface area contributed by atoms with Crippen molar-refractivity contribution in [2.24, 2.45) is 0 Å². The maximum absolute atomic E-state index is 9.55. The van der Waals surface area contributed by atoms with Crippen LogP contribution in [0.25, 0.3) is 0 Å². The second-order valence-electron chi connectivity index (χ2n) is 1.40. The third-order valence-electron chi connectivity index (χ3n) is 0. The van der Waals surface area contributed by atoms with E-state index in [1.807, 2.05) is 0 Å². The Morgan fingerprint density at radius 3 is 1.20 bits per heavy atom. The van der Waals surface area contributed by atoms with Crippen molar-refractivity contribution >= 4 is 0 Å². The van der Waals surface area contributed by atoms with Crippen molar-refractivity contribution in [2.75, 3.05) is 0 Å². The molecule has 0 saturated carbocycles. The lowest BCUT2D eigenvalue weighted by Crippen LogP contribution is -2.49. The first-order valence-electron chi connectivity index (χ1n) is 1.41.